The Hall–Kier alpha value is -1.94. The number of rotatable bonds is 13. The average Bonchev–Trinajstić information content (AvgIpc) is 2.71. The zero-order valence-corrected chi connectivity index (χ0v) is 17.5. The molecule has 28 heavy (non-hydrogen) atoms. The summed E-state index contributed by atoms with van der Waals surface area (Å²) in [6.07, 6.45) is 15.3. The zero-order valence-electron chi connectivity index (χ0n) is 16.7. The van der Waals surface area contributed by atoms with Gasteiger partial charge in [-0.3, -0.25) is 14.8 Å². The van der Waals surface area contributed by atoms with Crippen LogP contribution in [0, 0.1) is 0 Å². The summed E-state index contributed by atoms with van der Waals surface area (Å²) < 4.78 is 0. The molecule has 0 unspecified atom stereocenters. The molecule has 0 spiro atoms. The number of carbonyl (C=O) groups is 1. The zero-order chi connectivity index (χ0) is 20.2. The van der Waals surface area contributed by atoms with Crippen LogP contribution in [0.25, 0.3) is 11.3 Å². The first-order valence-electron chi connectivity index (χ1n) is 10.4. The summed E-state index contributed by atoms with van der Waals surface area (Å²) in [5, 5.41) is 7.88. The molecule has 2 rings (SSSR count). The van der Waals surface area contributed by atoms with E-state index in [0.29, 0.717) is 5.69 Å². The molecule has 5 heteroatoms. The van der Waals surface area contributed by atoms with Crippen molar-refractivity contribution in [2.75, 3.05) is 0 Å². The predicted molar refractivity (Wildman–Crippen MR) is 115 cm³/mol. The van der Waals surface area contributed by atoms with Gasteiger partial charge in [0.1, 0.15) is 5.38 Å². The maximum Gasteiger partial charge on any atom is 0.322 e. The Morgan fingerprint density at radius 2 is 1.61 bits per heavy atom. The number of benzene rings is 1. The molecular weight excluding hydrogens is 372 g/mol. The third-order valence-electron chi connectivity index (χ3n) is 4.93. The standard InChI is InChI=1S/C23H31ClN2O2/c1-2-3-4-5-6-7-8-9-10-18-11-13-19(14-12-18)22-17-25-20(16-26-22)15-21(24)23(27)28/h11-14,16-17,21H,2-10,15H2,1H3,(H,27,28)/t21-/m1/s1. The summed E-state index contributed by atoms with van der Waals surface area (Å²) in [6.45, 7) is 2.25. The van der Waals surface area contributed by atoms with E-state index in [-0.39, 0.29) is 6.42 Å². The number of aryl methyl sites for hydroxylation is 1. The predicted octanol–water partition coefficient (Wildman–Crippen LogP) is 6.06. The van der Waals surface area contributed by atoms with Crippen LogP contribution in [0.15, 0.2) is 36.7 Å². The molecule has 0 aliphatic carbocycles. The van der Waals surface area contributed by atoms with E-state index in [1.54, 1.807) is 12.4 Å². The first-order chi connectivity index (χ1) is 13.6. The Morgan fingerprint density at radius 1 is 0.964 bits per heavy atom. The Balaban J connectivity index is 1.75. The molecule has 2 aromatic rings. The van der Waals surface area contributed by atoms with Crippen molar-refractivity contribution in [3.05, 3.63) is 47.9 Å². The average molecular weight is 403 g/mol. The van der Waals surface area contributed by atoms with Gasteiger partial charge in [-0.25, -0.2) is 0 Å². The molecule has 0 amide bonds. The van der Waals surface area contributed by atoms with E-state index in [9.17, 15) is 4.79 Å². The van der Waals surface area contributed by atoms with Crippen molar-refractivity contribution in [3.63, 3.8) is 0 Å². The number of carboxylic acids is 1. The summed E-state index contributed by atoms with van der Waals surface area (Å²) in [7, 11) is 0. The Morgan fingerprint density at radius 3 is 2.18 bits per heavy atom. The van der Waals surface area contributed by atoms with Crippen LogP contribution in [0.2, 0.25) is 0 Å². The maximum absolute atomic E-state index is 10.8. The molecule has 0 fully saturated rings. The van der Waals surface area contributed by atoms with Crippen LogP contribution in [0.5, 0.6) is 0 Å². The van der Waals surface area contributed by atoms with E-state index in [1.807, 2.05) is 0 Å². The summed E-state index contributed by atoms with van der Waals surface area (Å²) in [6, 6.07) is 8.47. The van der Waals surface area contributed by atoms with E-state index >= 15 is 0 Å². The third kappa shape index (κ3) is 7.97. The van der Waals surface area contributed by atoms with Gasteiger partial charge in [-0.15, -0.1) is 11.6 Å². The minimum Gasteiger partial charge on any atom is -0.480 e. The normalized spacial score (nSPS) is 12.1. The highest BCUT2D eigenvalue weighted by Gasteiger charge is 2.15. The second kappa shape index (κ2) is 12.5. The molecule has 0 aliphatic rings. The van der Waals surface area contributed by atoms with Crippen molar-refractivity contribution in [1.29, 1.82) is 0 Å². The fraction of sp³-hybridized carbons (Fsp3) is 0.522. The number of nitrogens with zero attached hydrogens (tertiary/aromatic N) is 2. The first-order valence-corrected chi connectivity index (χ1v) is 10.8. The van der Waals surface area contributed by atoms with Crippen LogP contribution in [0.1, 0.15) is 69.5 Å². The molecule has 0 saturated heterocycles. The van der Waals surface area contributed by atoms with Gasteiger partial charge in [-0.1, -0.05) is 76.1 Å². The molecule has 0 aliphatic heterocycles. The Kier molecular flexibility index (Phi) is 9.98. The highest BCUT2D eigenvalue weighted by Crippen LogP contribution is 2.19. The molecule has 1 atom stereocenters. The largest absolute Gasteiger partial charge is 0.480 e. The second-order valence-corrected chi connectivity index (χ2v) is 7.85. The summed E-state index contributed by atoms with van der Waals surface area (Å²) in [5.74, 6) is -1.04. The monoisotopic (exact) mass is 402 g/mol. The van der Waals surface area contributed by atoms with Crippen LogP contribution in [-0.4, -0.2) is 26.4 Å². The lowest BCUT2D eigenvalue weighted by Crippen LogP contribution is -2.16. The van der Waals surface area contributed by atoms with Crippen LogP contribution in [0.3, 0.4) is 0 Å². The molecular formula is C23H31ClN2O2. The van der Waals surface area contributed by atoms with E-state index in [1.165, 1.54) is 56.9 Å². The number of aromatic nitrogens is 2. The molecule has 1 aromatic carbocycles. The Bertz CT molecular complexity index is 702. The molecule has 1 aromatic heterocycles. The minimum atomic E-state index is -1.04. The third-order valence-corrected chi connectivity index (χ3v) is 5.27. The van der Waals surface area contributed by atoms with E-state index in [0.717, 1.165) is 17.7 Å². The smallest absolute Gasteiger partial charge is 0.322 e. The van der Waals surface area contributed by atoms with Crippen LogP contribution in [-0.2, 0) is 17.6 Å². The first kappa shape index (κ1) is 22.4. The van der Waals surface area contributed by atoms with E-state index in [4.69, 9.17) is 16.7 Å². The van der Waals surface area contributed by atoms with E-state index in [2.05, 4.69) is 41.2 Å². The number of aliphatic carboxylic acids is 1. The SMILES string of the molecule is CCCCCCCCCCc1ccc(-c2cnc(C[C@@H](Cl)C(=O)O)cn2)cc1. The van der Waals surface area contributed by atoms with Gasteiger partial charge in [-0.05, 0) is 18.4 Å². The van der Waals surface area contributed by atoms with Gasteiger partial charge in [0.2, 0.25) is 0 Å². The molecule has 0 bridgehead atoms. The maximum atomic E-state index is 10.8. The lowest BCUT2D eigenvalue weighted by atomic mass is 10.0. The molecule has 0 radical (unpaired) electrons. The number of hydrogen-bond acceptors (Lipinski definition) is 3. The van der Waals surface area contributed by atoms with Gasteiger partial charge >= 0.3 is 5.97 Å². The number of halogens is 1. The summed E-state index contributed by atoms with van der Waals surface area (Å²) in [4.78, 5) is 19.5. The van der Waals surface area contributed by atoms with Crippen molar-refractivity contribution < 1.29 is 9.90 Å². The number of alkyl halides is 1. The van der Waals surface area contributed by atoms with Gasteiger partial charge in [-0.2, -0.15) is 0 Å². The van der Waals surface area contributed by atoms with Gasteiger partial charge in [0.05, 0.1) is 17.6 Å². The quantitative estimate of drug-likeness (QED) is 0.326. The van der Waals surface area contributed by atoms with Crippen LogP contribution < -0.4 is 0 Å². The minimum absolute atomic E-state index is 0.168. The topological polar surface area (TPSA) is 63.1 Å². The van der Waals surface area contributed by atoms with Gasteiger partial charge in [0.15, 0.2) is 0 Å². The molecule has 0 saturated carbocycles. The van der Waals surface area contributed by atoms with Crippen LogP contribution >= 0.6 is 11.6 Å². The highest BCUT2D eigenvalue weighted by molar-refractivity contribution is 6.29. The fourth-order valence-corrected chi connectivity index (χ4v) is 3.34. The molecule has 1 heterocycles. The van der Waals surface area contributed by atoms with Gasteiger partial charge in [0, 0.05) is 18.2 Å². The summed E-state index contributed by atoms with van der Waals surface area (Å²) >= 11 is 5.75. The van der Waals surface area contributed by atoms with Gasteiger partial charge in [0.25, 0.3) is 0 Å². The van der Waals surface area contributed by atoms with Crippen molar-refractivity contribution in [1.82, 2.24) is 9.97 Å². The molecule has 4 nitrogen and oxygen atoms in total. The number of unbranched alkanes of at least 4 members (excludes halogenated alkanes) is 7. The van der Waals surface area contributed by atoms with Crippen molar-refractivity contribution in [3.8, 4) is 11.3 Å². The molecule has 152 valence electrons. The van der Waals surface area contributed by atoms with Crippen LogP contribution in [0.4, 0.5) is 0 Å². The number of carboxylic acid groups (broad SMARTS) is 1. The summed E-state index contributed by atoms with van der Waals surface area (Å²) in [5.41, 5.74) is 3.73. The second-order valence-electron chi connectivity index (χ2n) is 7.32. The fourth-order valence-electron chi connectivity index (χ4n) is 3.19. The Labute approximate surface area is 173 Å². The lowest BCUT2D eigenvalue weighted by Gasteiger charge is -2.06. The van der Waals surface area contributed by atoms with Gasteiger partial charge < -0.3 is 5.11 Å². The molecule has 1 N–H and O–H groups in total. The number of hydrogen-bond donors (Lipinski definition) is 1. The van der Waals surface area contributed by atoms with Crippen molar-refractivity contribution in [2.24, 2.45) is 0 Å². The highest BCUT2D eigenvalue weighted by atomic mass is 35.5. The van der Waals surface area contributed by atoms with Crippen molar-refractivity contribution in [2.45, 2.75) is 76.5 Å². The lowest BCUT2D eigenvalue weighted by molar-refractivity contribution is -0.136. The van der Waals surface area contributed by atoms with Crippen molar-refractivity contribution >= 4 is 17.6 Å². The van der Waals surface area contributed by atoms with E-state index < -0.39 is 11.3 Å².